The maximum atomic E-state index is 12.9. The molecule has 3 saturated heterocycles. The summed E-state index contributed by atoms with van der Waals surface area (Å²) in [6, 6.07) is 8.88. The van der Waals surface area contributed by atoms with Crippen molar-refractivity contribution in [3.05, 3.63) is 34.9 Å². The number of amides is 1. The van der Waals surface area contributed by atoms with Gasteiger partial charge in [0.15, 0.2) is 0 Å². The molecular weight excluding hydrogens is 396 g/mol. The van der Waals surface area contributed by atoms with E-state index in [1.54, 1.807) is 0 Å². The van der Waals surface area contributed by atoms with Gasteiger partial charge in [-0.15, -0.1) is 0 Å². The van der Waals surface area contributed by atoms with Gasteiger partial charge in [0.25, 0.3) is 0 Å². The Bertz CT molecular complexity index is 700. The van der Waals surface area contributed by atoms with E-state index in [1.165, 1.54) is 37.9 Å². The number of hydrogen-bond acceptors (Lipinski definition) is 4. The van der Waals surface area contributed by atoms with E-state index in [-0.39, 0.29) is 0 Å². The molecule has 3 fully saturated rings. The van der Waals surface area contributed by atoms with Crippen LogP contribution in [0.25, 0.3) is 0 Å². The van der Waals surface area contributed by atoms with Crippen LogP contribution in [-0.4, -0.2) is 91.0 Å². The lowest BCUT2D eigenvalue weighted by Crippen LogP contribution is -2.51. The molecule has 1 aromatic rings. The monoisotopic (exact) mass is 432 g/mol. The molecule has 4 rings (SSSR count). The van der Waals surface area contributed by atoms with Crippen LogP contribution in [0.3, 0.4) is 0 Å². The molecule has 0 bridgehead atoms. The van der Waals surface area contributed by atoms with Crippen molar-refractivity contribution in [3.63, 3.8) is 0 Å². The highest BCUT2D eigenvalue weighted by Crippen LogP contribution is 2.30. The van der Waals surface area contributed by atoms with Crippen molar-refractivity contribution in [2.45, 2.75) is 44.7 Å². The topological polar surface area (TPSA) is 30.0 Å². The summed E-state index contributed by atoms with van der Waals surface area (Å²) in [5, 5.41) is 0.814. The maximum Gasteiger partial charge on any atom is 0.222 e. The quantitative estimate of drug-likeness (QED) is 0.690. The third-order valence-electron chi connectivity index (χ3n) is 7.27. The Labute approximate surface area is 186 Å². The van der Waals surface area contributed by atoms with Crippen LogP contribution < -0.4 is 0 Å². The fourth-order valence-electron chi connectivity index (χ4n) is 5.49. The van der Waals surface area contributed by atoms with Crippen LogP contribution in [0.2, 0.25) is 5.02 Å². The van der Waals surface area contributed by atoms with Crippen LogP contribution in [0.1, 0.15) is 37.7 Å². The van der Waals surface area contributed by atoms with Crippen molar-refractivity contribution < 1.29 is 4.79 Å². The fraction of sp³-hybridized carbons (Fsp3) is 0.708. The van der Waals surface area contributed by atoms with Crippen LogP contribution in [-0.2, 0) is 11.3 Å². The summed E-state index contributed by atoms with van der Waals surface area (Å²) in [6.07, 6.45) is 5.58. The first-order valence-corrected chi connectivity index (χ1v) is 12.1. The Kier molecular flexibility index (Phi) is 7.69. The number of piperazine rings is 1. The van der Waals surface area contributed by atoms with E-state index >= 15 is 0 Å². The predicted molar refractivity (Wildman–Crippen MR) is 123 cm³/mol. The number of nitrogens with zero attached hydrogens (tertiary/aromatic N) is 4. The maximum absolute atomic E-state index is 12.9. The molecule has 166 valence electrons. The predicted octanol–water partition coefficient (Wildman–Crippen LogP) is 3.18. The zero-order valence-electron chi connectivity index (χ0n) is 18.4. The number of halogens is 1. The molecule has 1 aromatic carbocycles. The smallest absolute Gasteiger partial charge is 0.222 e. The summed E-state index contributed by atoms with van der Waals surface area (Å²) < 4.78 is 0. The normalized spacial score (nSPS) is 26.9. The first kappa shape index (κ1) is 22.1. The first-order valence-electron chi connectivity index (χ1n) is 11.8. The van der Waals surface area contributed by atoms with E-state index in [2.05, 4.69) is 38.8 Å². The summed E-state index contributed by atoms with van der Waals surface area (Å²) in [6.45, 7) is 9.42. The lowest BCUT2D eigenvalue weighted by atomic mass is 9.86. The van der Waals surface area contributed by atoms with Crippen LogP contribution in [0, 0.1) is 5.92 Å². The Morgan fingerprint density at radius 1 is 1.07 bits per heavy atom. The summed E-state index contributed by atoms with van der Waals surface area (Å²) in [5.74, 6) is 0.933. The number of likely N-dealkylation sites (tertiary alicyclic amines) is 2. The number of likely N-dealkylation sites (N-methyl/N-ethyl adjacent to an activating group) is 1. The van der Waals surface area contributed by atoms with Crippen molar-refractivity contribution in [2.75, 3.05) is 59.4 Å². The van der Waals surface area contributed by atoms with E-state index < -0.39 is 0 Å². The van der Waals surface area contributed by atoms with E-state index in [0.29, 0.717) is 24.3 Å². The van der Waals surface area contributed by atoms with E-state index in [4.69, 9.17) is 11.6 Å². The SMILES string of the molecule is CN1CCN(C(=O)CC[C@H]2CN(Cc3cccc(Cl)c3)CC[C@H]2N2CCCC2)CC1. The third-order valence-corrected chi connectivity index (χ3v) is 7.50. The van der Waals surface area contributed by atoms with Crippen molar-refractivity contribution in [2.24, 2.45) is 5.92 Å². The summed E-state index contributed by atoms with van der Waals surface area (Å²) >= 11 is 6.20. The van der Waals surface area contributed by atoms with Gasteiger partial charge in [-0.05, 0) is 76.0 Å². The minimum absolute atomic E-state index is 0.357. The molecule has 0 saturated carbocycles. The lowest BCUT2D eigenvalue weighted by Gasteiger charge is -2.43. The average Bonchev–Trinajstić information content (AvgIpc) is 3.27. The summed E-state index contributed by atoms with van der Waals surface area (Å²) in [5.41, 5.74) is 1.29. The number of benzene rings is 1. The summed E-state index contributed by atoms with van der Waals surface area (Å²) in [4.78, 5) is 22.5. The van der Waals surface area contributed by atoms with Crippen LogP contribution >= 0.6 is 11.6 Å². The summed E-state index contributed by atoms with van der Waals surface area (Å²) in [7, 11) is 2.14. The molecule has 0 spiro atoms. The van der Waals surface area contributed by atoms with Crippen molar-refractivity contribution >= 4 is 17.5 Å². The van der Waals surface area contributed by atoms with Gasteiger partial charge < -0.3 is 14.7 Å². The Hall–Kier alpha value is -1.14. The standard InChI is InChI=1S/C24H37ClN4O/c1-26-13-15-29(16-14-26)24(30)8-7-21-19-27(18-20-5-4-6-22(25)17-20)12-9-23(21)28-10-2-3-11-28/h4-6,17,21,23H,2-3,7-16,18-19H2,1H3/t21-,23+/m0/s1. The number of rotatable bonds is 6. The minimum atomic E-state index is 0.357. The number of piperidine rings is 1. The van der Waals surface area contributed by atoms with Gasteiger partial charge >= 0.3 is 0 Å². The third kappa shape index (κ3) is 5.76. The minimum Gasteiger partial charge on any atom is -0.340 e. The molecule has 3 heterocycles. The van der Waals surface area contributed by atoms with Gasteiger partial charge in [-0.1, -0.05) is 23.7 Å². The molecule has 2 atom stereocenters. The van der Waals surface area contributed by atoms with E-state index in [1.807, 2.05) is 12.1 Å². The number of carbonyl (C=O) groups excluding carboxylic acids is 1. The van der Waals surface area contributed by atoms with Gasteiger partial charge in [0.05, 0.1) is 0 Å². The molecular formula is C24H37ClN4O. The molecule has 0 aliphatic carbocycles. The van der Waals surface area contributed by atoms with E-state index in [0.717, 1.165) is 57.3 Å². The van der Waals surface area contributed by atoms with Gasteiger partial charge in [-0.2, -0.15) is 0 Å². The highest BCUT2D eigenvalue weighted by atomic mass is 35.5. The van der Waals surface area contributed by atoms with Gasteiger partial charge in [-0.25, -0.2) is 0 Å². The number of carbonyl (C=O) groups is 1. The molecule has 1 amide bonds. The number of hydrogen-bond donors (Lipinski definition) is 0. The largest absolute Gasteiger partial charge is 0.340 e. The van der Waals surface area contributed by atoms with Gasteiger partial charge in [0.1, 0.15) is 0 Å². The Morgan fingerprint density at radius 3 is 2.57 bits per heavy atom. The fourth-order valence-corrected chi connectivity index (χ4v) is 5.71. The average molecular weight is 433 g/mol. The highest BCUT2D eigenvalue weighted by molar-refractivity contribution is 6.30. The second kappa shape index (κ2) is 10.4. The van der Waals surface area contributed by atoms with Crippen LogP contribution in [0.4, 0.5) is 0 Å². The van der Waals surface area contributed by atoms with Gasteiger partial charge in [-0.3, -0.25) is 9.69 Å². The molecule has 0 unspecified atom stereocenters. The molecule has 6 heteroatoms. The Balaban J connectivity index is 1.36. The van der Waals surface area contributed by atoms with Crippen LogP contribution in [0.15, 0.2) is 24.3 Å². The molecule has 5 nitrogen and oxygen atoms in total. The van der Waals surface area contributed by atoms with Crippen LogP contribution in [0.5, 0.6) is 0 Å². The zero-order chi connectivity index (χ0) is 20.9. The molecule has 0 N–H and O–H groups in total. The molecule has 3 aliphatic heterocycles. The van der Waals surface area contributed by atoms with Gasteiger partial charge in [0.2, 0.25) is 5.91 Å². The molecule has 30 heavy (non-hydrogen) atoms. The van der Waals surface area contributed by atoms with Gasteiger partial charge in [0, 0.05) is 56.8 Å². The second-order valence-electron chi connectivity index (χ2n) is 9.45. The first-order chi connectivity index (χ1) is 14.6. The Morgan fingerprint density at radius 2 is 1.83 bits per heavy atom. The zero-order valence-corrected chi connectivity index (χ0v) is 19.2. The highest BCUT2D eigenvalue weighted by Gasteiger charge is 2.34. The molecule has 0 aromatic heterocycles. The van der Waals surface area contributed by atoms with Crippen molar-refractivity contribution in [3.8, 4) is 0 Å². The second-order valence-corrected chi connectivity index (χ2v) is 9.88. The molecule has 3 aliphatic rings. The van der Waals surface area contributed by atoms with E-state index in [9.17, 15) is 4.79 Å². The van der Waals surface area contributed by atoms with Crippen molar-refractivity contribution in [1.29, 1.82) is 0 Å². The lowest BCUT2D eigenvalue weighted by molar-refractivity contribution is -0.133. The van der Waals surface area contributed by atoms with Crippen molar-refractivity contribution in [1.82, 2.24) is 19.6 Å². The molecule has 0 radical (unpaired) electrons.